The number of hydrogen-bond acceptors (Lipinski definition) is 5. The van der Waals surface area contributed by atoms with Gasteiger partial charge in [-0.05, 0) is 47.6 Å². The van der Waals surface area contributed by atoms with E-state index in [1.165, 1.54) is 29.7 Å². The monoisotopic (exact) mass is 614 g/mol. The van der Waals surface area contributed by atoms with E-state index < -0.39 is 6.09 Å². The van der Waals surface area contributed by atoms with Crippen molar-refractivity contribution in [1.29, 1.82) is 0 Å². The Morgan fingerprint density at radius 1 is 0.822 bits per heavy atom. The Morgan fingerprint density at radius 3 is 2.27 bits per heavy atom. The van der Waals surface area contributed by atoms with Crippen molar-refractivity contribution >= 4 is 12.2 Å². The van der Waals surface area contributed by atoms with E-state index in [-0.39, 0.29) is 18.2 Å². The zero-order valence-electron chi connectivity index (χ0n) is 27.3. The molecule has 0 aliphatic carbocycles. The molecule has 3 aromatic carbocycles. The molecule has 3 aromatic rings. The zero-order valence-corrected chi connectivity index (χ0v) is 27.3. The molecule has 1 aliphatic rings. The minimum Gasteiger partial charge on any atom is -0.493 e. The fourth-order valence-electron chi connectivity index (χ4n) is 5.76. The molecule has 1 aliphatic heterocycles. The predicted octanol–water partition coefficient (Wildman–Crippen LogP) is 8.55. The van der Waals surface area contributed by atoms with Gasteiger partial charge in [-0.2, -0.15) is 0 Å². The van der Waals surface area contributed by atoms with Crippen molar-refractivity contribution in [3.63, 3.8) is 0 Å². The number of nitrogens with zero attached hydrogens (tertiary/aromatic N) is 2. The van der Waals surface area contributed by atoms with E-state index in [9.17, 15) is 9.59 Å². The maximum atomic E-state index is 13.2. The maximum Gasteiger partial charge on any atom is 0.410 e. The van der Waals surface area contributed by atoms with Gasteiger partial charge in [0.2, 0.25) is 0 Å². The molecule has 2 atom stereocenters. The number of aryl methyl sites for hydroxylation is 2. The summed E-state index contributed by atoms with van der Waals surface area (Å²) in [6, 6.07) is 27.1. The molecule has 1 fully saturated rings. The summed E-state index contributed by atoms with van der Waals surface area (Å²) in [7, 11) is 3.32. The third kappa shape index (κ3) is 10.8. The van der Waals surface area contributed by atoms with Gasteiger partial charge in [0, 0.05) is 33.0 Å². The van der Waals surface area contributed by atoms with E-state index >= 15 is 0 Å². The van der Waals surface area contributed by atoms with Crippen molar-refractivity contribution in [2.24, 2.45) is 0 Å². The lowest BCUT2D eigenvalue weighted by molar-refractivity contribution is 0.0704. The standard InChI is InChI=1S/C38H50N2O5/c1-4-5-6-7-8-15-25-44-38(42)40-29-35(45-37(41)39(2)3)28-34(40)24-26-43-36-27-33(31-18-13-10-14-19-31)23-22-32(36)21-20-30-16-11-9-12-17-30/h9-14,16-19,22-23,27,34-35H,4-8,15,20-21,24-26,28-29H2,1-3H3/t34-,35-/m1/s1. The van der Waals surface area contributed by atoms with Crippen LogP contribution in [0.5, 0.6) is 5.75 Å². The summed E-state index contributed by atoms with van der Waals surface area (Å²) < 4.78 is 17.8. The van der Waals surface area contributed by atoms with Crippen LogP contribution in [0.1, 0.15) is 69.4 Å². The van der Waals surface area contributed by atoms with Crippen molar-refractivity contribution in [3.8, 4) is 16.9 Å². The minimum atomic E-state index is -0.405. The Morgan fingerprint density at radius 2 is 1.53 bits per heavy atom. The van der Waals surface area contributed by atoms with E-state index in [1.54, 1.807) is 19.0 Å². The summed E-state index contributed by atoms with van der Waals surface area (Å²) in [5.41, 5.74) is 4.68. The third-order valence-corrected chi connectivity index (χ3v) is 8.38. The molecule has 7 heteroatoms. The van der Waals surface area contributed by atoms with Crippen molar-refractivity contribution in [2.45, 2.75) is 83.3 Å². The van der Waals surface area contributed by atoms with Gasteiger partial charge in [-0.25, -0.2) is 9.59 Å². The first-order valence-corrected chi connectivity index (χ1v) is 16.6. The van der Waals surface area contributed by atoms with Gasteiger partial charge in [0.1, 0.15) is 11.9 Å². The number of rotatable bonds is 16. The molecule has 242 valence electrons. The first-order chi connectivity index (χ1) is 21.9. The second-order valence-corrected chi connectivity index (χ2v) is 12.1. The fourth-order valence-corrected chi connectivity index (χ4v) is 5.76. The lowest BCUT2D eigenvalue weighted by Gasteiger charge is -2.24. The first kappa shape index (κ1) is 33.9. The Hall–Kier alpha value is -4.00. The molecule has 7 nitrogen and oxygen atoms in total. The molecule has 0 saturated carbocycles. The van der Waals surface area contributed by atoms with Crippen LogP contribution in [0.3, 0.4) is 0 Å². The van der Waals surface area contributed by atoms with E-state index in [1.807, 2.05) is 24.3 Å². The van der Waals surface area contributed by atoms with Gasteiger partial charge in [-0.15, -0.1) is 0 Å². The molecule has 45 heavy (non-hydrogen) atoms. The highest BCUT2D eigenvalue weighted by molar-refractivity contribution is 5.70. The van der Waals surface area contributed by atoms with Crippen LogP contribution in [0.2, 0.25) is 0 Å². The summed E-state index contributed by atoms with van der Waals surface area (Å²) in [5.74, 6) is 0.859. The number of benzene rings is 3. The van der Waals surface area contributed by atoms with E-state index in [0.29, 0.717) is 32.6 Å². The molecule has 2 amide bonds. The van der Waals surface area contributed by atoms with Crippen LogP contribution in [0.4, 0.5) is 9.59 Å². The quantitative estimate of drug-likeness (QED) is 0.151. The summed E-state index contributed by atoms with van der Waals surface area (Å²) in [4.78, 5) is 28.6. The normalized spacial score (nSPS) is 15.9. The minimum absolute atomic E-state index is 0.146. The van der Waals surface area contributed by atoms with E-state index in [2.05, 4.69) is 61.5 Å². The van der Waals surface area contributed by atoms with Crippen LogP contribution in [-0.4, -0.2) is 68.0 Å². The zero-order chi connectivity index (χ0) is 31.9. The Labute approximate surface area is 269 Å². The molecule has 4 rings (SSSR count). The van der Waals surface area contributed by atoms with Crippen LogP contribution in [-0.2, 0) is 22.3 Å². The van der Waals surface area contributed by atoms with Gasteiger partial charge >= 0.3 is 12.2 Å². The Bertz CT molecular complexity index is 1310. The Kier molecular flexibility index (Phi) is 13.6. The fraction of sp³-hybridized carbons (Fsp3) is 0.474. The van der Waals surface area contributed by atoms with Crippen molar-refractivity contribution in [3.05, 3.63) is 90.0 Å². The van der Waals surface area contributed by atoms with Gasteiger partial charge in [-0.1, -0.05) is 112 Å². The molecule has 0 unspecified atom stereocenters. The van der Waals surface area contributed by atoms with E-state index in [0.717, 1.165) is 54.5 Å². The number of ether oxygens (including phenoxy) is 3. The second kappa shape index (κ2) is 18.1. The van der Waals surface area contributed by atoms with Gasteiger partial charge < -0.3 is 24.0 Å². The van der Waals surface area contributed by atoms with Crippen LogP contribution >= 0.6 is 0 Å². The highest BCUT2D eigenvalue weighted by Gasteiger charge is 2.38. The van der Waals surface area contributed by atoms with Gasteiger partial charge in [0.25, 0.3) is 0 Å². The Balaban J connectivity index is 1.40. The lowest BCUT2D eigenvalue weighted by Crippen LogP contribution is -2.38. The highest BCUT2D eigenvalue weighted by Crippen LogP contribution is 2.30. The SMILES string of the molecule is CCCCCCCCOC(=O)N1C[C@H](OC(=O)N(C)C)C[C@H]1CCOc1cc(-c2ccccc2)ccc1CCc1ccccc1. The smallest absolute Gasteiger partial charge is 0.410 e. The predicted molar refractivity (Wildman–Crippen MR) is 180 cm³/mol. The lowest BCUT2D eigenvalue weighted by atomic mass is 9.99. The molecular weight excluding hydrogens is 564 g/mol. The van der Waals surface area contributed by atoms with Crippen LogP contribution in [0.15, 0.2) is 78.9 Å². The molecule has 0 aromatic heterocycles. The molecule has 0 spiro atoms. The number of carbonyl (C=O) groups excluding carboxylic acids is 2. The average molecular weight is 615 g/mol. The van der Waals surface area contributed by atoms with Crippen molar-refractivity contribution in [1.82, 2.24) is 9.80 Å². The molecule has 0 bridgehead atoms. The number of likely N-dealkylation sites (tertiary alicyclic amines) is 1. The molecule has 0 radical (unpaired) electrons. The number of amides is 2. The topological polar surface area (TPSA) is 68.3 Å². The van der Waals surface area contributed by atoms with Gasteiger partial charge in [-0.3, -0.25) is 0 Å². The largest absolute Gasteiger partial charge is 0.493 e. The average Bonchev–Trinajstić information content (AvgIpc) is 3.46. The molecule has 1 heterocycles. The number of unbranched alkanes of at least 4 members (excludes halogenated alkanes) is 5. The van der Waals surface area contributed by atoms with Crippen molar-refractivity contribution < 1.29 is 23.8 Å². The third-order valence-electron chi connectivity index (χ3n) is 8.38. The molecular formula is C38H50N2O5. The summed E-state index contributed by atoms with van der Waals surface area (Å²) >= 11 is 0. The number of hydrogen-bond donors (Lipinski definition) is 0. The van der Waals surface area contributed by atoms with Gasteiger partial charge in [0.05, 0.1) is 19.8 Å². The van der Waals surface area contributed by atoms with Crippen LogP contribution < -0.4 is 4.74 Å². The van der Waals surface area contributed by atoms with E-state index in [4.69, 9.17) is 14.2 Å². The van der Waals surface area contributed by atoms with Crippen LogP contribution in [0.25, 0.3) is 11.1 Å². The second-order valence-electron chi connectivity index (χ2n) is 12.1. The van der Waals surface area contributed by atoms with Crippen LogP contribution in [0, 0.1) is 0 Å². The first-order valence-electron chi connectivity index (χ1n) is 16.6. The number of carbonyl (C=O) groups is 2. The molecule has 0 N–H and O–H groups in total. The summed E-state index contributed by atoms with van der Waals surface area (Å²) in [6.07, 6.45) is 8.57. The van der Waals surface area contributed by atoms with Crippen molar-refractivity contribution in [2.75, 3.05) is 33.9 Å². The highest BCUT2D eigenvalue weighted by atomic mass is 16.6. The molecule has 1 saturated heterocycles. The van der Waals surface area contributed by atoms with Gasteiger partial charge in [0.15, 0.2) is 0 Å². The summed E-state index contributed by atoms with van der Waals surface area (Å²) in [6.45, 7) is 3.36. The summed E-state index contributed by atoms with van der Waals surface area (Å²) in [5, 5.41) is 0. The maximum absolute atomic E-state index is 13.2.